The van der Waals surface area contributed by atoms with Crippen LogP contribution in [0.1, 0.15) is 55.8 Å². The van der Waals surface area contributed by atoms with Crippen LogP contribution >= 0.6 is 0 Å². The predicted molar refractivity (Wildman–Crippen MR) is 88.6 cm³/mol. The lowest BCUT2D eigenvalue weighted by atomic mass is 9.78. The van der Waals surface area contributed by atoms with Crippen LogP contribution in [0.3, 0.4) is 0 Å². The number of rotatable bonds is 4. The van der Waals surface area contributed by atoms with Gasteiger partial charge >= 0.3 is 0 Å². The predicted octanol–water partition coefficient (Wildman–Crippen LogP) is 3.45. The van der Waals surface area contributed by atoms with E-state index in [0.717, 1.165) is 19.4 Å². The Kier molecular flexibility index (Phi) is 4.99. The highest BCUT2D eigenvalue weighted by Gasteiger charge is 2.35. The summed E-state index contributed by atoms with van der Waals surface area (Å²) in [6, 6.07) is 7.45. The molecule has 2 atom stereocenters. The molecule has 1 heterocycles. The Morgan fingerprint density at radius 1 is 1.17 bits per heavy atom. The van der Waals surface area contributed by atoms with Crippen LogP contribution < -0.4 is 4.74 Å². The minimum absolute atomic E-state index is 0.00264. The Bertz CT molecular complexity index is 582. The molecule has 4 heteroatoms. The normalized spacial score (nSPS) is 24.0. The van der Waals surface area contributed by atoms with Crippen molar-refractivity contribution in [3.63, 3.8) is 0 Å². The van der Waals surface area contributed by atoms with Crippen LogP contribution in [0.5, 0.6) is 5.75 Å². The number of nitrogens with zero attached hydrogens (tertiary/aromatic N) is 1. The van der Waals surface area contributed by atoms with Crippen molar-refractivity contribution in [3.8, 4) is 5.75 Å². The molecule has 1 aromatic rings. The maximum absolute atomic E-state index is 12.6. The Hall–Kier alpha value is -1.84. The fourth-order valence-corrected chi connectivity index (χ4v) is 3.97. The highest BCUT2D eigenvalue weighted by atomic mass is 16.5. The highest BCUT2D eigenvalue weighted by molar-refractivity contribution is 5.94. The first-order valence-electron chi connectivity index (χ1n) is 8.68. The number of hydrogen-bond donors (Lipinski definition) is 0. The number of carbonyl (C=O) groups is 2. The van der Waals surface area contributed by atoms with Crippen LogP contribution in [0.4, 0.5) is 0 Å². The van der Waals surface area contributed by atoms with E-state index in [2.05, 4.69) is 0 Å². The van der Waals surface area contributed by atoms with Gasteiger partial charge in [0.25, 0.3) is 5.91 Å². The zero-order valence-corrected chi connectivity index (χ0v) is 13.8. The first kappa shape index (κ1) is 16.0. The van der Waals surface area contributed by atoms with Crippen LogP contribution in [-0.2, 0) is 4.79 Å². The third kappa shape index (κ3) is 3.74. The Morgan fingerprint density at radius 3 is 2.78 bits per heavy atom. The van der Waals surface area contributed by atoms with Gasteiger partial charge in [0.2, 0.25) is 0 Å². The van der Waals surface area contributed by atoms with E-state index in [1.807, 2.05) is 4.90 Å². The summed E-state index contributed by atoms with van der Waals surface area (Å²) in [6.07, 6.45) is 7.29. The number of amides is 1. The highest BCUT2D eigenvalue weighted by Crippen LogP contribution is 2.35. The van der Waals surface area contributed by atoms with Crippen molar-refractivity contribution < 1.29 is 14.3 Å². The zero-order chi connectivity index (χ0) is 16.2. The van der Waals surface area contributed by atoms with Crippen molar-refractivity contribution in [2.24, 2.45) is 5.92 Å². The van der Waals surface area contributed by atoms with E-state index < -0.39 is 0 Å². The number of piperidine rings is 1. The lowest BCUT2D eigenvalue weighted by Crippen LogP contribution is -2.51. The summed E-state index contributed by atoms with van der Waals surface area (Å²) in [4.78, 5) is 26.0. The van der Waals surface area contributed by atoms with E-state index in [-0.39, 0.29) is 18.3 Å². The van der Waals surface area contributed by atoms with Crippen molar-refractivity contribution >= 4 is 11.7 Å². The first-order valence-corrected chi connectivity index (χ1v) is 8.68. The number of likely N-dealkylation sites (tertiary alicyclic amines) is 1. The van der Waals surface area contributed by atoms with Crippen molar-refractivity contribution in [1.29, 1.82) is 0 Å². The van der Waals surface area contributed by atoms with Gasteiger partial charge in [-0.2, -0.15) is 0 Å². The molecule has 0 aromatic heterocycles. The van der Waals surface area contributed by atoms with Gasteiger partial charge in [0.1, 0.15) is 5.75 Å². The van der Waals surface area contributed by atoms with Crippen molar-refractivity contribution in [1.82, 2.24) is 4.90 Å². The van der Waals surface area contributed by atoms with E-state index >= 15 is 0 Å². The van der Waals surface area contributed by atoms with Gasteiger partial charge in [-0.1, -0.05) is 25.0 Å². The van der Waals surface area contributed by atoms with Gasteiger partial charge in [0, 0.05) is 18.2 Å². The molecule has 23 heavy (non-hydrogen) atoms. The van der Waals surface area contributed by atoms with Gasteiger partial charge in [-0.25, -0.2) is 0 Å². The quantitative estimate of drug-likeness (QED) is 0.800. The molecule has 4 nitrogen and oxygen atoms in total. The monoisotopic (exact) mass is 315 g/mol. The van der Waals surface area contributed by atoms with E-state index in [1.54, 1.807) is 24.3 Å². The fourth-order valence-electron chi connectivity index (χ4n) is 3.97. The summed E-state index contributed by atoms with van der Waals surface area (Å²) in [5, 5.41) is 0. The maximum atomic E-state index is 12.6. The van der Waals surface area contributed by atoms with Gasteiger partial charge in [0.05, 0.1) is 0 Å². The summed E-state index contributed by atoms with van der Waals surface area (Å²) in [7, 11) is 0. The van der Waals surface area contributed by atoms with Gasteiger partial charge in [-0.15, -0.1) is 0 Å². The van der Waals surface area contributed by atoms with E-state index in [0.29, 0.717) is 23.3 Å². The molecule has 0 N–H and O–H groups in total. The van der Waals surface area contributed by atoms with Crippen LogP contribution in [0.25, 0.3) is 0 Å². The molecule has 1 saturated heterocycles. The average molecular weight is 315 g/mol. The first-order chi connectivity index (χ1) is 11.1. The molecule has 2 fully saturated rings. The lowest BCUT2D eigenvalue weighted by Gasteiger charge is -2.44. The third-order valence-corrected chi connectivity index (χ3v) is 5.17. The van der Waals surface area contributed by atoms with Gasteiger partial charge < -0.3 is 9.64 Å². The smallest absolute Gasteiger partial charge is 0.260 e. The van der Waals surface area contributed by atoms with Crippen molar-refractivity contribution in [2.45, 2.75) is 51.5 Å². The number of Topliss-reactive ketones (excluding diaryl/α,β-unsaturated/α-hetero) is 1. The SMILES string of the molecule is CC(=O)c1cccc(OCC(=O)N2CCCC3CCCCC32)c1. The Balaban J connectivity index is 1.60. The number of hydrogen-bond acceptors (Lipinski definition) is 3. The van der Waals surface area contributed by atoms with Crippen molar-refractivity contribution in [2.75, 3.05) is 13.2 Å². The molecule has 1 aliphatic heterocycles. The van der Waals surface area contributed by atoms with E-state index in [1.165, 1.54) is 32.6 Å². The molecule has 1 saturated carbocycles. The molecule has 0 bridgehead atoms. The molecule has 1 aliphatic carbocycles. The molecule has 1 amide bonds. The second-order valence-corrected chi connectivity index (χ2v) is 6.71. The largest absolute Gasteiger partial charge is 0.484 e. The molecule has 124 valence electrons. The van der Waals surface area contributed by atoms with Gasteiger partial charge in [-0.3, -0.25) is 9.59 Å². The molecule has 1 aromatic carbocycles. The Morgan fingerprint density at radius 2 is 1.96 bits per heavy atom. The molecular formula is C19H25NO3. The topological polar surface area (TPSA) is 46.6 Å². The third-order valence-electron chi connectivity index (χ3n) is 5.17. The molecule has 2 aliphatic rings. The number of ketones is 1. The molecule has 2 unspecified atom stereocenters. The number of ether oxygens (including phenoxy) is 1. The number of fused-ring (bicyclic) bond motifs is 1. The van der Waals surface area contributed by atoms with Gasteiger partial charge in [0.15, 0.2) is 12.4 Å². The number of carbonyl (C=O) groups excluding carboxylic acids is 2. The van der Waals surface area contributed by atoms with Gasteiger partial charge in [-0.05, 0) is 50.7 Å². The second kappa shape index (κ2) is 7.16. The van der Waals surface area contributed by atoms with Crippen LogP contribution in [0.15, 0.2) is 24.3 Å². The summed E-state index contributed by atoms with van der Waals surface area (Å²) in [6.45, 7) is 2.45. The molecule has 0 radical (unpaired) electrons. The molecule has 0 spiro atoms. The fraction of sp³-hybridized carbons (Fsp3) is 0.579. The summed E-state index contributed by atoms with van der Waals surface area (Å²) >= 11 is 0. The molecule has 3 rings (SSSR count). The van der Waals surface area contributed by atoms with Crippen LogP contribution in [0.2, 0.25) is 0 Å². The zero-order valence-electron chi connectivity index (χ0n) is 13.8. The minimum Gasteiger partial charge on any atom is -0.484 e. The Labute approximate surface area is 137 Å². The van der Waals surface area contributed by atoms with Crippen molar-refractivity contribution in [3.05, 3.63) is 29.8 Å². The van der Waals surface area contributed by atoms with E-state index in [4.69, 9.17) is 4.74 Å². The number of benzene rings is 1. The standard InChI is InChI=1S/C19H25NO3/c1-14(21)16-7-4-9-17(12-16)23-13-19(22)20-11-5-8-15-6-2-3-10-18(15)20/h4,7,9,12,15,18H,2-3,5-6,8,10-11,13H2,1H3. The van der Waals surface area contributed by atoms with Crippen LogP contribution in [-0.4, -0.2) is 35.8 Å². The average Bonchev–Trinajstić information content (AvgIpc) is 2.59. The van der Waals surface area contributed by atoms with Crippen LogP contribution in [0, 0.1) is 5.92 Å². The maximum Gasteiger partial charge on any atom is 0.260 e. The minimum atomic E-state index is 0.00264. The second-order valence-electron chi connectivity index (χ2n) is 6.71. The van der Waals surface area contributed by atoms with E-state index in [9.17, 15) is 9.59 Å². The summed E-state index contributed by atoms with van der Waals surface area (Å²) in [5.74, 6) is 1.35. The summed E-state index contributed by atoms with van der Waals surface area (Å²) < 4.78 is 5.65. The molecular weight excluding hydrogens is 290 g/mol. The summed E-state index contributed by atoms with van der Waals surface area (Å²) in [5.41, 5.74) is 0.611. The lowest BCUT2D eigenvalue weighted by molar-refractivity contribution is -0.139.